The smallest absolute Gasteiger partial charge is 0.308 e. The van der Waals surface area contributed by atoms with Gasteiger partial charge in [0.1, 0.15) is 11.6 Å². The van der Waals surface area contributed by atoms with Crippen molar-refractivity contribution in [3.05, 3.63) is 29.6 Å². The van der Waals surface area contributed by atoms with Crippen LogP contribution in [0.5, 0.6) is 5.75 Å². The van der Waals surface area contributed by atoms with Crippen molar-refractivity contribution in [1.29, 1.82) is 0 Å². The number of esters is 1. The number of carbonyl (C=O) groups excluding carboxylic acids is 1. The van der Waals surface area contributed by atoms with Crippen LogP contribution in [0.3, 0.4) is 0 Å². The molecule has 1 N–H and O–H groups in total. The van der Waals surface area contributed by atoms with Gasteiger partial charge in [-0.2, -0.15) is 0 Å². The average molecular weight is 242 g/mol. The highest BCUT2D eigenvalue weighted by Gasteiger charge is 2.21. The Morgan fingerprint density at radius 2 is 2.24 bits per heavy atom. The highest BCUT2D eigenvalue weighted by atomic mass is 19.1. The Balaban J connectivity index is 2.87. The number of hydrogen-bond donors (Lipinski definition) is 1. The van der Waals surface area contributed by atoms with Crippen LogP contribution >= 0.6 is 0 Å². The van der Waals surface area contributed by atoms with Gasteiger partial charge in [0, 0.05) is 0 Å². The summed E-state index contributed by atoms with van der Waals surface area (Å²) in [4.78, 5) is 11.2. The van der Waals surface area contributed by atoms with Gasteiger partial charge in [-0.25, -0.2) is 4.39 Å². The number of aliphatic hydroxyl groups is 1. The maximum atomic E-state index is 13.5. The lowest BCUT2D eigenvalue weighted by atomic mass is 10.0. The van der Waals surface area contributed by atoms with E-state index in [2.05, 4.69) is 4.74 Å². The predicted octanol–water partition coefficient (Wildman–Crippen LogP) is 1.82. The normalized spacial score (nSPS) is 12.0. The first-order valence-corrected chi connectivity index (χ1v) is 5.26. The third kappa shape index (κ3) is 3.42. The number of halogens is 1. The summed E-state index contributed by atoms with van der Waals surface area (Å²) in [5, 5.41) is 9.79. The molecule has 17 heavy (non-hydrogen) atoms. The molecule has 1 aromatic carbocycles. The first kappa shape index (κ1) is 13.4. The van der Waals surface area contributed by atoms with E-state index in [1.165, 1.54) is 25.3 Å². The molecule has 0 amide bonds. The van der Waals surface area contributed by atoms with Gasteiger partial charge in [-0.05, 0) is 19.1 Å². The average Bonchev–Trinajstić information content (AvgIpc) is 2.28. The molecule has 0 aliphatic heterocycles. The molecule has 0 spiro atoms. The number of benzene rings is 1. The van der Waals surface area contributed by atoms with Crippen LogP contribution in [-0.4, -0.2) is 24.8 Å². The van der Waals surface area contributed by atoms with E-state index in [4.69, 9.17) is 4.74 Å². The lowest BCUT2D eigenvalue weighted by molar-refractivity contribution is -0.145. The van der Waals surface area contributed by atoms with E-state index in [0.717, 1.165) is 0 Å². The molecule has 0 aliphatic carbocycles. The van der Waals surface area contributed by atoms with Gasteiger partial charge in [0.25, 0.3) is 0 Å². The van der Waals surface area contributed by atoms with Gasteiger partial charge in [0.05, 0.1) is 31.8 Å². The topological polar surface area (TPSA) is 55.8 Å². The molecule has 94 valence electrons. The van der Waals surface area contributed by atoms with Crippen molar-refractivity contribution in [2.45, 2.75) is 19.4 Å². The second-order valence-corrected chi connectivity index (χ2v) is 3.38. The van der Waals surface area contributed by atoms with Crippen molar-refractivity contribution >= 4 is 5.97 Å². The third-order valence-electron chi connectivity index (χ3n) is 2.23. The Kier molecular flexibility index (Phi) is 4.90. The second kappa shape index (κ2) is 6.20. The summed E-state index contributed by atoms with van der Waals surface area (Å²) in [5.74, 6) is -0.978. The summed E-state index contributed by atoms with van der Waals surface area (Å²) in [6.45, 7) is 1.88. The zero-order valence-corrected chi connectivity index (χ0v) is 9.77. The minimum atomic E-state index is -1.27. The largest absolute Gasteiger partial charge is 0.496 e. The van der Waals surface area contributed by atoms with Crippen molar-refractivity contribution in [3.8, 4) is 5.75 Å². The van der Waals surface area contributed by atoms with Crippen molar-refractivity contribution in [2.24, 2.45) is 0 Å². The molecule has 1 aromatic rings. The molecular weight excluding hydrogens is 227 g/mol. The van der Waals surface area contributed by atoms with E-state index in [-0.39, 0.29) is 24.3 Å². The van der Waals surface area contributed by atoms with E-state index >= 15 is 0 Å². The van der Waals surface area contributed by atoms with Crippen LogP contribution in [0.2, 0.25) is 0 Å². The van der Waals surface area contributed by atoms with Crippen molar-refractivity contribution < 1.29 is 23.8 Å². The van der Waals surface area contributed by atoms with E-state index in [1.54, 1.807) is 6.92 Å². The molecule has 0 saturated carbocycles. The fourth-order valence-electron chi connectivity index (χ4n) is 1.50. The molecule has 0 heterocycles. The number of ether oxygens (including phenoxy) is 2. The first-order chi connectivity index (χ1) is 8.10. The van der Waals surface area contributed by atoms with Gasteiger partial charge < -0.3 is 14.6 Å². The molecule has 5 heteroatoms. The van der Waals surface area contributed by atoms with Gasteiger partial charge in [0.2, 0.25) is 0 Å². The van der Waals surface area contributed by atoms with E-state index in [0.29, 0.717) is 0 Å². The highest BCUT2D eigenvalue weighted by molar-refractivity contribution is 5.70. The summed E-state index contributed by atoms with van der Waals surface area (Å²) >= 11 is 0. The Labute approximate surface area is 99.0 Å². The van der Waals surface area contributed by atoms with E-state index < -0.39 is 17.9 Å². The van der Waals surface area contributed by atoms with Crippen LogP contribution < -0.4 is 4.74 Å². The van der Waals surface area contributed by atoms with Crippen LogP contribution in [0.25, 0.3) is 0 Å². The molecule has 0 radical (unpaired) electrons. The summed E-state index contributed by atoms with van der Waals surface area (Å²) in [6, 6.07) is 4.19. The highest BCUT2D eigenvalue weighted by Crippen LogP contribution is 2.29. The summed E-state index contributed by atoms with van der Waals surface area (Å²) in [7, 11) is 1.37. The van der Waals surface area contributed by atoms with Gasteiger partial charge in [0.15, 0.2) is 0 Å². The number of hydrogen-bond acceptors (Lipinski definition) is 4. The van der Waals surface area contributed by atoms with Crippen LogP contribution in [0.1, 0.15) is 25.0 Å². The standard InChI is InChI=1S/C12H15FO4/c1-3-17-11(15)7-9(14)12-8(13)5-4-6-10(12)16-2/h4-6,9,14H,3,7H2,1-2H3. The molecule has 0 aliphatic rings. The van der Waals surface area contributed by atoms with Crippen LogP contribution in [0.15, 0.2) is 18.2 Å². The SMILES string of the molecule is CCOC(=O)CC(O)c1c(F)cccc1OC. The quantitative estimate of drug-likeness (QED) is 0.800. The molecule has 0 bridgehead atoms. The lowest BCUT2D eigenvalue weighted by Crippen LogP contribution is -2.12. The van der Waals surface area contributed by atoms with Crippen molar-refractivity contribution in [3.63, 3.8) is 0 Å². The molecule has 1 atom stereocenters. The minimum Gasteiger partial charge on any atom is -0.496 e. The molecular formula is C12H15FO4. The van der Waals surface area contributed by atoms with Crippen LogP contribution in [0, 0.1) is 5.82 Å². The zero-order chi connectivity index (χ0) is 12.8. The molecule has 0 saturated heterocycles. The summed E-state index contributed by atoms with van der Waals surface area (Å²) in [6.07, 6.45) is -1.57. The molecule has 0 fully saturated rings. The van der Waals surface area contributed by atoms with Gasteiger partial charge >= 0.3 is 5.97 Å². The van der Waals surface area contributed by atoms with E-state index in [9.17, 15) is 14.3 Å². The van der Waals surface area contributed by atoms with Gasteiger partial charge in [-0.1, -0.05) is 6.07 Å². The Hall–Kier alpha value is -1.62. The molecule has 4 nitrogen and oxygen atoms in total. The van der Waals surface area contributed by atoms with Crippen molar-refractivity contribution in [1.82, 2.24) is 0 Å². The lowest BCUT2D eigenvalue weighted by Gasteiger charge is -2.14. The fourth-order valence-corrected chi connectivity index (χ4v) is 1.50. The summed E-state index contributed by atoms with van der Waals surface area (Å²) < 4.78 is 23.2. The molecule has 1 rings (SSSR count). The van der Waals surface area contributed by atoms with Gasteiger partial charge in [-0.3, -0.25) is 4.79 Å². The number of methoxy groups -OCH3 is 1. The maximum absolute atomic E-state index is 13.5. The fraction of sp³-hybridized carbons (Fsp3) is 0.417. The number of aliphatic hydroxyl groups excluding tert-OH is 1. The maximum Gasteiger partial charge on any atom is 0.308 e. The second-order valence-electron chi connectivity index (χ2n) is 3.38. The first-order valence-electron chi connectivity index (χ1n) is 5.26. The number of carbonyl (C=O) groups is 1. The minimum absolute atomic E-state index is 0.0250. The molecule has 1 unspecified atom stereocenters. The van der Waals surface area contributed by atoms with Crippen LogP contribution in [-0.2, 0) is 9.53 Å². The van der Waals surface area contributed by atoms with E-state index in [1.807, 2.05) is 0 Å². The molecule has 0 aromatic heterocycles. The number of rotatable bonds is 5. The predicted molar refractivity (Wildman–Crippen MR) is 59.2 cm³/mol. The third-order valence-corrected chi connectivity index (χ3v) is 2.23. The zero-order valence-electron chi connectivity index (χ0n) is 9.77. The Bertz CT molecular complexity index is 392. The van der Waals surface area contributed by atoms with Gasteiger partial charge in [-0.15, -0.1) is 0 Å². The Morgan fingerprint density at radius 1 is 1.53 bits per heavy atom. The van der Waals surface area contributed by atoms with Crippen LogP contribution in [0.4, 0.5) is 4.39 Å². The Morgan fingerprint density at radius 3 is 2.82 bits per heavy atom. The monoisotopic (exact) mass is 242 g/mol. The summed E-state index contributed by atoms with van der Waals surface area (Å²) in [5.41, 5.74) is -0.0250. The van der Waals surface area contributed by atoms with Crippen molar-refractivity contribution in [2.75, 3.05) is 13.7 Å².